The Morgan fingerprint density at radius 1 is 1.30 bits per heavy atom. The first-order valence-corrected chi connectivity index (χ1v) is 8.19. The van der Waals surface area contributed by atoms with Gasteiger partial charge in [-0.05, 0) is 39.3 Å². The Morgan fingerprint density at radius 2 is 2.05 bits per heavy atom. The normalized spacial score (nSPS) is 26.6. The Kier molecular flexibility index (Phi) is 6.26. The molecule has 3 N–H and O–H groups in total. The van der Waals surface area contributed by atoms with Gasteiger partial charge in [-0.15, -0.1) is 0 Å². The maximum Gasteiger partial charge on any atom is 0.221 e. The van der Waals surface area contributed by atoms with Crippen LogP contribution in [0.15, 0.2) is 0 Å². The topological polar surface area (TPSA) is 61.6 Å². The van der Waals surface area contributed by atoms with Crippen LogP contribution in [-0.2, 0) is 4.79 Å². The molecular formula is C15H30N4O. The van der Waals surface area contributed by atoms with Gasteiger partial charge in [-0.1, -0.05) is 6.42 Å². The van der Waals surface area contributed by atoms with Gasteiger partial charge in [0.2, 0.25) is 5.91 Å². The highest BCUT2D eigenvalue weighted by Gasteiger charge is 2.32. The van der Waals surface area contributed by atoms with Crippen molar-refractivity contribution < 1.29 is 4.79 Å². The maximum atomic E-state index is 11.7. The molecule has 2 aliphatic rings. The quantitative estimate of drug-likeness (QED) is 0.740. The van der Waals surface area contributed by atoms with E-state index in [9.17, 15) is 4.79 Å². The van der Waals surface area contributed by atoms with E-state index in [2.05, 4.69) is 15.1 Å². The number of amides is 1. The molecule has 2 unspecified atom stereocenters. The van der Waals surface area contributed by atoms with Crippen LogP contribution in [0.4, 0.5) is 0 Å². The monoisotopic (exact) mass is 282 g/mol. The van der Waals surface area contributed by atoms with Crippen molar-refractivity contribution in [2.75, 3.05) is 39.3 Å². The Morgan fingerprint density at radius 3 is 2.70 bits per heavy atom. The van der Waals surface area contributed by atoms with E-state index in [1.54, 1.807) is 0 Å². The summed E-state index contributed by atoms with van der Waals surface area (Å²) in [5.74, 6) is 0.129. The SMILES string of the molecule is CCNC(=O)CC(CN)N1CCC(N2CCCCC2)C1. The molecule has 0 bridgehead atoms. The van der Waals surface area contributed by atoms with Gasteiger partial charge >= 0.3 is 0 Å². The highest BCUT2D eigenvalue weighted by molar-refractivity contribution is 5.76. The van der Waals surface area contributed by atoms with Crippen LogP contribution >= 0.6 is 0 Å². The fourth-order valence-corrected chi connectivity index (χ4v) is 3.53. The van der Waals surface area contributed by atoms with Gasteiger partial charge in [0, 0.05) is 44.7 Å². The van der Waals surface area contributed by atoms with Crippen LogP contribution in [-0.4, -0.2) is 67.1 Å². The Hall–Kier alpha value is -0.650. The van der Waals surface area contributed by atoms with Gasteiger partial charge in [-0.2, -0.15) is 0 Å². The van der Waals surface area contributed by atoms with E-state index in [0.717, 1.165) is 13.1 Å². The summed E-state index contributed by atoms with van der Waals surface area (Å²) in [5.41, 5.74) is 5.89. The molecule has 2 atom stereocenters. The first-order chi connectivity index (χ1) is 9.74. The van der Waals surface area contributed by atoms with Crippen molar-refractivity contribution in [2.24, 2.45) is 5.73 Å². The Labute approximate surface area is 122 Å². The Balaban J connectivity index is 1.81. The van der Waals surface area contributed by atoms with Gasteiger partial charge in [-0.3, -0.25) is 14.6 Å². The van der Waals surface area contributed by atoms with Crippen LogP contribution in [0.3, 0.4) is 0 Å². The summed E-state index contributed by atoms with van der Waals surface area (Å²) in [6, 6.07) is 0.884. The average Bonchev–Trinajstić information content (AvgIpc) is 2.95. The van der Waals surface area contributed by atoms with E-state index in [-0.39, 0.29) is 11.9 Å². The molecule has 1 amide bonds. The standard InChI is InChI=1S/C15H30N4O/c1-2-17-15(20)10-14(11-16)19-9-6-13(12-19)18-7-4-3-5-8-18/h13-14H,2-12,16H2,1H3,(H,17,20). The van der Waals surface area contributed by atoms with Gasteiger partial charge in [0.15, 0.2) is 0 Å². The number of carbonyl (C=O) groups excluding carboxylic acids is 1. The van der Waals surface area contributed by atoms with E-state index >= 15 is 0 Å². The minimum absolute atomic E-state index is 0.129. The summed E-state index contributed by atoms with van der Waals surface area (Å²) in [6.07, 6.45) is 5.84. The van der Waals surface area contributed by atoms with Crippen LogP contribution in [0.2, 0.25) is 0 Å². The molecule has 20 heavy (non-hydrogen) atoms. The van der Waals surface area contributed by atoms with Gasteiger partial charge in [0.05, 0.1) is 0 Å². The van der Waals surface area contributed by atoms with Gasteiger partial charge in [0.25, 0.3) is 0 Å². The number of hydrogen-bond acceptors (Lipinski definition) is 4. The van der Waals surface area contributed by atoms with Crippen molar-refractivity contribution in [1.82, 2.24) is 15.1 Å². The smallest absolute Gasteiger partial charge is 0.221 e. The molecule has 2 rings (SSSR count). The summed E-state index contributed by atoms with van der Waals surface area (Å²) in [4.78, 5) is 16.8. The third-order valence-electron chi connectivity index (χ3n) is 4.69. The van der Waals surface area contributed by atoms with Crippen LogP contribution in [0, 0.1) is 0 Å². The van der Waals surface area contributed by atoms with Gasteiger partial charge in [-0.25, -0.2) is 0 Å². The minimum Gasteiger partial charge on any atom is -0.356 e. The molecule has 5 nitrogen and oxygen atoms in total. The van der Waals surface area contributed by atoms with Crippen molar-refractivity contribution in [2.45, 2.75) is 51.1 Å². The van der Waals surface area contributed by atoms with E-state index < -0.39 is 0 Å². The lowest BCUT2D eigenvalue weighted by molar-refractivity contribution is -0.122. The molecule has 0 aromatic rings. The zero-order valence-electron chi connectivity index (χ0n) is 12.8. The van der Waals surface area contributed by atoms with E-state index in [1.807, 2.05) is 6.92 Å². The second kappa shape index (κ2) is 7.96. The number of piperidine rings is 1. The molecule has 2 fully saturated rings. The zero-order chi connectivity index (χ0) is 14.4. The maximum absolute atomic E-state index is 11.7. The lowest BCUT2D eigenvalue weighted by Gasteiger charge is -2.33. The first-order valence-electron chi connectivity index (χ1n) is 8.19. The molecule has 0 saturated carbocycles. The number of carbonyl (C=O) groups is 1. The predicted molar refractivity (Wildman–Crippen MR) is 81.5 cm³/mol. The van der Waals surface area contributed by atoms with Gasteiger partial charge < -0.3 is 11.1 Å². The first kappa shape index (κ1) is 15.7. The molecule has 2 aliphatic heterocycles. The van der Waals surface area contributed by atoms with Crippen LogP contribution in [0.5, 0.6) is 0 Å². The molecule has 116 valence electrons. The summed E-state index contributed by atoms with van der Waals surface area (Å²) >= 11 is 0. The van der Waals surface area contributed by atoms with Crippen LogP contribution in [0.1, 0.15) is 39.0 Å². The second-order valence-corrected chi connectivity index (χ2v) is 6.08. The lowest BCUT2D eigenvalue weighted by Crippen LogP contribution is -2.45. The lowest BCUT2D eigenvalue weighted by atomic mass is 10.1. The number of rotatable bonds is 6. The summed E-state index contributed by atoms with van der Waals surface area (Å²) in [7, 11) is 0. The Bertz CT molecular complexity index is 304. The van der Waals surface area contributed by atoms with Crippen molar-refractivity contribution in [3.63, 3.8) is 0 Å². The molecule has 0 spiro atoms. The summed E-state index contributed by atoms with van der Waals surface area (Å²) in [6.45, 7) is 7.90. The second-order valence-electron chi connectivity index (χ2n) is 6.08. The van der Waals surface area contributed by atoms with E-state index in [4.69, 9.17) is 5.73 Å². The molecule has 0 aromatic heterocycles. The third-order valence-corrected chi connectivity index (χ3v) is 4.69. The van der Waals surface area contributed by atoms with Crippen molar-refractivity contribution >= 4 is 5.91 Å². The van der Waals surface area contributed by atoms with Crippen molar-refractivity contribution in [3.05, 3.63) is 0 Å². The van der Waals surface area contributed by atoms with E-state index in [0.29, 0.717) is 25.6 Å². The van der Waals surface area contributed by atoms with Crippen LogP contribution < -0.4 is 11.1 Å². The highest BCUT2D eigenvalue weighted by Crippen LogP contribution is 2.22. The molecule has 5 heteroatoms. The van der Waals surface area contributed by atoms with Crippen LogP contribution in [0.25, 0.3) is 0 Å². The minimum atomic E-state index is 0.129. The largest absolute Gasteiger partial charge is 0.356 e. The molecular weight excluding hydrogens is 252 g/mol. The molecule has 2 saturated heterocycles. The molecule has 0 aromatic carbocycles. The van der Waals surface area contributed by atoms with Crippen molar-refractivity contribution in [1.29, 1.82) is 0 Å². The number of likely N-dealkylation sites (tertiary alicyclic amines) is 2. The molecule has 0 aliphatic carbocycles. The fraction of sp³-hybridized carbons (Fsp3) is 0.933. The summed E-state index contributed by atoms with van der Waals surface area (Å²) < 4.78 is 0. The van der Waals surface area contributed by atoms with Gasteiger partial charge in [0.1, 0.15) is 0 Å². The zero-order valence-corrected chi connectivity index (χ0v) is 12.8. The number of hydrogen-bond donors (Lipinski definition) is 2. The highest BCUT2D eigenvalue weighted by atomic mass is 16.1. The predicted octanol–water partition coefficient (Wildman–Crippen LogP) is 0.400. The van der Waals surface area contributed by atoms with E-state index in [1.165, 1.54) is 38.8 Å². The average molecular weight is 282 g/mol. The number of nitrogens with one attached hydrogen (secondary N) is 1. The third kappa shape index (κ3) is 4.17. The fourth-order valence-electron chi connectivity index (χ4n) is 3.53. The number of nitrogens with two attached hydrogens (primary N) is 1. The van der Waals surface area contributed by atoms with Crippen molar-refractivity contribution in [3.8, 4) is 0 Å². The molecule has 0 radical (unpaired) electrons. The molecule has 2 heterocycles. The number of nitrogens with zero attached hydrogens (tertiary/aromatic N) is 2. The summed E-state index contributed by atoms with van der Waals surface area (Å²) in [5, 5.41) is 2.88.